The van der Waals surface area contributed by atoms with Gasteiger partial charge in [0.25, 0.3) is 0 Å². The monoisotopic (exact) mass is 1230 g/mol. The highest BCUT2D eigenvalue weighted by Gasteiger charge is 2.37. The van der Waals surface area contributed by atoms with Crippen LogP contribution in [0, 0.1) is 43.3 Å². The lowest BCUT2D eigenvalue weighted by atomic mass is 9.79. The molecule has 0 unspecified atom stereocenters. The van der Waals surface area contributed by atoms with Crippen LogP contribution in [0.25, 0.3) is 0 Å². The molecule has 12 heteroatoms. The van der Waals surface area contributed by atoms with Crippen LogP contribution in [0.1, 0.15) is 259 Å². The molecule has 5 aliphatic heterocycles. The molecule has 0 saturated carbocycles. The van der Waals surface area contributed by atoms with Crippen molar-refractivity contribution in [3.8, 4) is 11.5 Å². The zero-order valence-electron chi connectivity index (χ0n) is 62.6. The number of fused-ring (bicyclic) bond motifs is 2. The third kappa shape index (κ3) is 27.1. The number of benzene rings is 2. The summed E-state index contributed by atoms with van der Waals surface area (Å²) >= 11 is 0. The number of para-hydroxylation sites is 3. The normalized spacial score (nSPS) is 16.5. The van der Waals surface area contributed by atoms with Crippen LogP contribution < -0.4 is 25.4 Å². The number of nitrogens with one attached hydrogen (secondary N) is 3. The van der Waals surface area contributed by atoms with Crippen molar-refractivity contribution in [1.82, 2.24) is 15.6 Å². The Labute approximate surface area is 543 Å². The summed E-state index contributed by atoms with van der Waals surface area (Å²) in [6, 6.07) is 16.3. The molecule has 0 atom stereocenters. The maximum absolute atomic E-state index is 11.4. The lowest BCUT2D eigenvalue weighted by Gasteiger charge is -2.37. The standard InChI is InChI=1S/C17H25NO.C16H23NO.C12H21NO.C11H19NO.C10H20.C6H10O2.C5H8O2/c1-16(2,3)14-15(17(4,5)6)19-13-10-8-7-9-12(13)11-18-14;1-15(2,3)13-14(16(4,5)6)18-12-10-8-7-9-11(12)17-13;1-11(2,3)8-7-9(14)13-10(8)12(4,5)6;1-10(2,3)8-9(11(4,5)6)13-7-12-8;1-9(2,3)7-8-10(4,5)6;1-5-6(2)8-4-3-7-5;1-4-5(2)7-3-6-4/h7-10,18H,11H2,1-6H3;7-10,17H,1-6H3;7H2,1-6H3,(H,13,14);7H,1-6H3;7-8H,1-6H3;3-4H2,1-2H3;3H2,1-2H3/b;;;;8-7-;;. The van der Waals surface area contributed by atoms with Crippen LogP contribution in [0.2, 0.25) is 0 Å². The average Bonchev–Trinajstić information content (AvgIpc) is 2.18. The predicted octanol–water partition coefficient (Wildman–Crippen LogP) is 21.6. The molecule has 8 rings (SSSR count). The van der Waals surface area contributed by atoms with Gasteiger partial charge in [-0.1, -0.05) is 250 Å². The van der Waals surface area contributed by atoms with Crippen molar-refractivity contribution in [3.63, 3.8) is 0 Å². The van der Waals surface area contributed by atoms with E-state index in [2.05, 4.69) is 259 Å². The minimum atomic E-state index is -0.0208. The van der Waals surface area contributed by atoms with Gasteiger partial charge in [-0.15, -0.1) is 0 Å². The highest BCUT2D eigenvalue weighted by atomic mass is 16.7. The molecule has 502 valence electrons. The summed E-state index contributed by atoms with van der Waals surface area (Å²) in [5, 5.41) is 10.1. The van der Waals surface area contributed by atoms with Crippen molar-refractivity contribution in [2.24, 2.45) is 43.3 Å². The maximum atomic E-state index is 11.4. The Morgan fingerprint density at radius 1 is 0.438 bits per heavy atom. The number of nitrogens with zero attached hydrogens (tertiary/aromatic N) is 1. The minimum absolute atomic E-state index is 0.0108. The molecule has 0 fully saturated rings. The Bertz CT molecular complexity index is 2830. The fraction of sp³-hybridized carbons (Fsp3) is 0.636. The number of carbonyl (C=O) groups is 1. The third-order valence-corrected chi connectivity index (χ3v) is 14.2. The number of hydrogen-bond donors (Lipinski definition) is 3. The largest absolute Gasteiger partial charge is 0.491 e. The lowest BCUT2D eigenvalue weighted by Crippen LogP contribution is -2.30. The summed E-state index contributed by atoms with van der Waals surface area (Å²) < 4.78 is 38.0. The average molecular weight is 1240 g/mol. The number of rotatable bonds is 0. The van der Waals surface area contributed by atoms with Crippen molar-refractivity contribution in [2.75, 3.05) is 25.3 Å². The number of anilines is 1. The molecule has 89 heavy (non-hydrogen) atoms. The summed E-state index contributed by atoms with van der Waals surface area (Å²) in [5.41, 5.74) is 9.02. The summed E-state index contributed by atoms with van der Waals surface area (Å²) in [6.45, 7) is 75.7. The molecule has 0 aliphatic carbocycles. The predicted molar refractivity (Wildman–Crippen MR) is 373 cm³/mol. The number of allylic oxidation sites excluding steroid dienone is 11. The molecular weight excluding hydrogens is 1110 g/mol. The highest BCUT2D eigenvalue weighted by Crippen LogP contribution is 2.45. The Morgan fingerprint density at radius 2 is 0.854 bits per heavy atom. The smallest absolute Gasteiger partial charge is 0.230 e. The molecule has 3 aromatic rings. The summed E-state index contributed by atoms with van der Waals surface area (Å²) in [4.78, 5) is 15.7. The number of aromatic nitrogens is 1. The van der Waals surface area contributed by atoms with E-state index in [0.717, 1.165) is 75.4 Å². The first-order valence-corrected chi connectivity index (χ1v) is 32.1. The number of ether oxygens (including phenoxy) is 6. The summed E-state index contributed by atoms with van der Waals surface area (Å²) in [6.07, 6.45) is 6.65. The second-order valence-corrected chi connectivity index (χ2v) is 34.2. The Balaban J connectivity index is 0.000000363. The van der Waals surface area contributed by atoms with Gasteiger partial charge < -0.3 is 48.8 Å². The van der Waals surface area contributed by atoms with Gasteiger partial charge in [0.05, 0.1) is 29.2 Å². The van der Waals surface area contributed by atoms with Crippen molar-refractivity contribution < 1.29 is 37.6 Å². The first kappa shape index (κ1) is 79.1. The molecule has 0 spiro atoms. The Morgan fingerprint density at radius 3 is 1.21 bits per heavy atom. The van der Waals surface area contributed by atoms with Crippen molar-refractivity contribution in [2.45, 2.75) is 259 Å². The molecule has 6 heterocycles. The van der Waals surface area contributed by atoms with E-state index in [9.17, 15) is 4.79 Å². The van der Waals surface area contributed by atoms with Crippen LogP contribution in [-0.2, 0) is 41.1 Å². The van der Waals surface area contributed by atoms with Gasteiger partial charge in [-0.25, -0.2) is 4.98 Å². The highest BCUT2D eigenvalue weighted by molar-refractivity contribution is 5.84. The number of oxazole rings is 1. The zero-order chi connectivity index (χ0) is 68.9. The molecule has 0 saturated heterocycles. The Kier molecular flexibility index (Phi) is 27.4. The van der Waals surface area contributed by atoms with E-state index in [1.54, 1.807) is 6.39 Å². The van der Waals surface area contributed by atoms with Gasteiger partial charge in [0.15, 0.2) is 6.39 Å². The Hall–Kier alpha value is -6.04. The van der Waals surface area contributed by atoms with Gasteiger partial charge >= 0.3 is 0 Å². The van der Waals surface area contributed by atoms with E-state index in [0.29, 0.717) is 37.3 Å². The van der Waals surface area contributed by atoms with Gasteiger partial charge in [0, 0.05) is 55.7 Å². The van der Waals surface area contributed by atoms with Crippen molar-refractivity contribution >= 4 is 11.6 Å². The van der Waals surface area contributed by atoms with E-state index in [1.165, 1.54) is 22.5 Å². The molecule has 1 amide bonds. The van der Waals surface area contributed by atoms with Crippen LogP contribution in [0.5, 0.6) is 11.5 Å². The van der Waals surface area contributed by atoms with Crippen LogP contribution in [0.15, 0.2) is 129 Å². The topological polar surface area (TPSA) is 135 Å². The number of hydrogen-bond acceptors (Lipinski definition) is 11. The zero-order valence-corrected chi connectivity index (χ0v) is 62.6. The molecule has 0 radical (unpaired) electrons. The maximum Gasteiger partial charge on any atom is 0.230 e. The van der Waals surface area contributed by atoms with Gasteiger partial charge in [0.1, 0.15) is 65.0 Å². The molecule has 12 nitrogen and oxygen atoms in total. The van der Waals surface area contributed by atoms with Gasteiger partial charge in [-0.3, -0.25) is 4.79 Å². The van der Waals surface area contributed by atoms with Crippen LogP contribution in [0.3, 0.4) is 0 Å². The fourth-order valence-electron chi connectivity index (χ4n) is 8.98. The second kappa shape index (κ2) is 30.9. The van der Waals surface area contributed by atoms with E-state index in [4.69, 9.17) is 32.8 Å². The van der Waals surface area contributed by atoms with E-state index >= 15 is 0 Å². The molecule has 0 bridgehead atoms. The van der Waals surface area contributed by atoms with Crippen LogP contribution >= 0.6 is 0 Å². The molecule has 1 aromatic heterocycles. The first-order chi connectivity index (χ1) is 40.1. The third-order valence-electron chi connectivity index (χ3n) is 14.2. The SMILES string of the molecule is CC(C)(C)/C=C\C(C)(C)C.CC(C)(C)C1=C(C(C)(C)C)NC(=O)C1.CC(C)(C)C1=C(C(C)(C)C)Oc2ccccc2CN1.CC(C)(C)C1=C(C(C)(C)C)Oc2ccccc2N1.CC(C)(C)c1ncoc1C(C)(C)C.CC1=C(C)OCCO1.CC1=C(C)OCO1. The van der Waals surface area contributed by atoms with E-state index in [-0.39, 0.29) is 49.2 Å². The second-order valence-electron chi connectivity index (χ2n) is 34.2. The van der Waals surface area contributed by atoms with E-state index < -0.39 is 0 Å². The van der Waals surface area contributed by atoms with Crippen LogP contribution in [-0.4, -0.2) is 30.9 Å². The number of carbonyl (C=O) groups excluding carboxylic acids is 1. The van der Waals surface area contributed by atoms with Gasteiger partial charge in [-0.2, -0.15) is 0 Å². The molecular formula is C77H126N4O8. The summed E-state index contributed by atoms with van der Waals surface area (Å²) in [7, 11) is 0. The minimum Gasteiger partial charge on any atom is -0.491 e. The van der Waals surface area contributed by atoms with Gasteiger partial charge in [0.2, 0.25) is 12.7 Å². The first-order valence-electron chi connectivity index (χ1n) is 32.1. The molecule has 3 N–H and O–H groups in total. The van der Waals surface area contributed by atoms with E-state index in [1.807, 2.05) is 58.0 Å². The molecule has 5 aliphatic rings. The quantitative estimate of drug-likeness (QED) is 0.186. The van der Waals surface area contributed by atoms with Crippen LogP contribution in [0.4, 0.5) is 5.69 Å². The summed E-state index contributed by atoms with van der Waals surface area (Å²) in [5.74, 6) is 8.74. The molecule has 2 aromatic carbocycles. The van der Waals surface area contributed by atoms with Gasteiger partial charge in [-0.05, 0) is 67.7 Å². The number of amides is 1. The lowest BCUT2D eigenvalue weighted by molar-refractivity contribution is -0.119. The van der Waals surface area contributed by atoms with Crippen molar-refractivity contribution in [3.05, 3.63) is 141 Å². The van der Waals surface area contributed by atoms with Crippen molar-refractivity contribution in [1.29, 1.82) is 0 Å². The fourth-order valence-corrected chi connectivity index (χ4v) is 8.98.